The fourth-order valence-corrected chi connectivity index (χ4v) is 4.48. The van der Waals surface area contributed by atoms with Gasteiger partial charge in [-0.25, -0.2) is 4.98 Å². The van der Waals surface area contributed by atoms with Crippen molar-refractivity contribution in [1.29, 1.82) is 0 Å². The standard InChI is InChI=1S/C21H20ClN5O5S/c1-13-16(4-9-32-13)20(29)24-21-23-15(12-33-21)11-19(28)26-7-5-25(6-8-26)17-3-2-14(22)10-18(17)27(30)31/h2-4,9-10,12H,5-8,11H2,1H3,(H,23,24,29). The van der Waals surface area contributed by atoms with Crippen molar-refractivity contribution in [2.45, 2.75) is 13.3 Å². The minimum Gasteiger partial charge on any atom is -0.469 e. The maximum atomic E-state index is 12.7. The van der Waals surface area contributed by atoms with Crippen LogP contribution in [0.15, 0.2) is 40.3 Å². The summed E-state index contributed by atoms with van der Waals surface area (Å²) in [5.41, 5.74) is 1.44. The number of carbonyl (C=O) groups is 2. The average molecular weight is 490 g/mol. The molecule has 2 amide bonds. The highest BCUT2D eigenvalue weighted by Gasteiger charge is 2.26. The van der Waals surface area contributed by atoms with Crippen LogP contribution in [0.3, 0.4) is 0 Å². The minimum atomic E-state index is -0.453. The number of aromatic nitrogens is 1. The van der Waals surface area contributed by atoms with E-state index in [1.165, 1.54) is 23.7 Å². The fraction of sp³-hybridized carbons (Fsp3) is 0.286. The molecular weight excluding hydrogens is 470 g/mol. The topological polar surface area (TPSA) is 122 Å². The summed E-state index contributed by atoms with van der Waals surface area (Å²) in [7, 11) is 0. The summed E-state index contributed by atoms with van der Waals surface area (Å²) in [6, 6.07) is 6.17. The van der Waals surface area contributed by atoms with Gasteiger partial charge in [0.15, 0.2) is 5.13 Å². The molecule has 4 rings (SSSR count). The molecule has 3 aromatic rings. The SMILES string of the molecule is Cc1occc1C(=O)Nc1nc(CC(=O)N2CCN(c3ccc(Cl)cc3[N+](=O)[O-])CC2)cs1. The maximum absolute atomic E-state index is 12.7. The second-order valence-electron chi connectivity index (χ2n) is 7.42. The number of halogens is 1. The molecule has 0 unspecified atom stereocenters. The molecule has 2 aromatic heterocycles. The molecule has 1 aliphatic heterocycles. The Morgan fingerprint density at radius 2 is 2.03 bits per heavy atom. The first-order chi connectivity index (χ1) is 15.8. The number of rotatable bonds is 6. The van der Waals surface area contributed by atoms with Gasteiger partial charge >= 0.3 is 0 Å². The van der Waals surface area contributed by atoms with E-state index in [-0.39, 0.29) is 23.9 Å². The van der Waals surface area contributed by atoms with Gasteiger partial charge in [0.1, 0.15) is 11.4 Å². The number of nitro groups is 1. The highest BCUT2D eigenvalue weighted by molar-refractivity contribution is 7.14. The van der Waals surface area contributed by atoms with Crippen LogP contribution in [0.25, 0.3) is 0 Å². The number of nitro benzene ring substituents is 1. The molecule has 1 saturated heterocycles. The summed E-state index contributed by atoms with van der Waals surface area (Å²) in [5.74, 6) is 0.109. The minimum absolute atomic E-state index is 0.0510. The van der Waals surface area contributed by atoms with Gasteiger partial charge in [0.2, 0.25) is 5.91 Å². The number of nitrogens with one attached hydrogen (secondary N) is 1. The largest absolute Gasteiger partial charge is 0.469 e. The normalized spacial score (nSPS) is 13.8. The lowest BCUT2D eigenvalue weighted by molar-refractivity contribution is -0.384. The number of piperazine rings is 1. The Bertz CT molecular complexity index is 1200. The van der Waals surface area contributed by atoms with Gasteiger partial charge < -0.3 is 14.2 Å². The number of carbonyl (C=O) groups excluding carboxylic acids is 2. The molecule has 1 N–H and O–H groups in total. The third-order valence-corrected chi connectivity index (χ3v) is 6.36. The third kappa shape index (κ3) is 5.15. The van der Waals surface area contributed by atoms with E-state index in [9.17, 15) is 19.7 Å². The van der Waals surface area contributed by atoms with Crippen molar-refractivity contribution >= 4 is 51.3 Å². The first-order valence-corrected chi connectivity index (χ1v) is 11.3. The summed E-state index contributed by atoms with van der Waals surface area (Å²) >= 11 is 7.14. The summed E-state index contributed by atoms with van der Waals surface area (Å²) in [5, 5.41) is 16.5. The molecule has 1 aromatic carbocycles. The Morgan fingerprint density at radius 3 is 2.70 bits per heavy atom. The molecule has 3 heterocycles. The van der Waals surface area contributed by atoms with Gasteiger partial charge in [0, 0.05) is 42.6 Å². The van der Waals surface area contributed by atoms with Gasteiger partial charge in [-0.3, -0.25) is 25.0 Å². The van der Waals surface area contributed by atoms with E-state index in [2.05, 4.69) is 10.3 Å². The van der Waals surface area contributed by atoms with Crippen molar-refractivity contribution in [2.75, 3.05) is 36.4 Å². The first-order valence-electron chi connectivity index (χ1n) is 10.1. The van der Waals surface area contributed by atoms with E-state index in [1.54, 1.807) is 35.4 Å². The number of benzene rings is 1. The van der Waals surface area contributed by atoms with E-state index >= 15 is 0 Å². The van der Waals surface area contributed by atoms with Gasteiger partial charge in [-0.1, -0.05) is 11.6 Å². The van der Waals surface area contributed by atoms with Crippen molar-refractivity contribution in [3.8, 4) is 0 Å². The van der Waals surface area contributed by atoms with Gasteiger partial charge in [-0.05, 0) is 25.1 Å². The first kappa shape index (κ1) is 22.7. The Kier molecular flexibility index (Phi) is 6.61. The average Bonchev–Trinajstić information content (AvgIpc) is 3.42. The summed E-state index contributed by atoms with van der Waals surface area (Å²) in [6.45, 7) is 3.51. The number of hydrogen-bond acceptors (Lipinski definition) is 8. The molecule has 0 aliphatic carbocycles. The van der Waals surface area contributed by atoms with Crippen LogP contribution in [0.1, 0.15) is 21.8 Å². The molecule has 0 bridgehead atoms. The van der Waals surface area contributed by atoms with Crippen LogP contribution in [0.2, 0.25) is 5.02 Å². The Morgan fingerprint density at radius 1 is 1.27 bits per heavy atom. The van der Waals surface area contributed by atoms with Crippen LogP contribution in [0, 0.1) is 17.0 Å². The molecule has 0 atom stereocenters. The molecule has 33 heavy (non-hydrogen) atoms. The third-order valence-electron chi connectivity index (χ3n) is 5.32. The summed E-state index contributed by atoms with van der Waals surface area (Å²) in [4.78, 5) is 43.9. The second kappa shape index (κ2) is 9.59. The summed E-state index contributed by atoms with van der Waals surface area (Å²) in [6.07, 6.45) is 1.55. The maximum Gasteiger partial charge on any atom is 0.294 e. The van der Waals surface area contributed by atoms with E-state index < -0.39 is 4.92 Å². The Hall–Kier alpha value is -3.44. The van der Waals surface area contributed by atoms with E-state index in [4.69, 9.17) is 16.0 Å². The number of furan rings is 1. The highest BCUT2D eigenvalue weighted by Crippen LogP contribution is 2.31. The zero-order chi connectivity index (χ0) is 23.5. The number of nitrogens with zero attached hydrogens (tertiary/aromatic N) is 4. The van der Waals surface area contributed by atoms with Gasteiger partial charge in [-0.15, -0.1) is 11.3 Å². The van der Waals surface area contributed by atoms with Crippen LogP contribution >= 0.6 is 22.9 Å². The van der Waals surface area contributed by atoms with Crippen molar-refractivity contribution in [3.05, 3.63) is 68.1 Å². The Balaban J connectivity index is 1.33. The molecular formula is C21H20ClN5O5S. The van der Waals surface area contributed by atoms with Gasteiger partial charge in [0.05, 0.1) is 28.9 Å². The predicted octanol–water partition coefficient (Wildman–Crippen LogP) is 3.75. The molecule has 1 fully saturated rings. The van der Waals surface area contributed by atoms with Crippen LogP contribution in [-0.2, 0) is 11.2 Å². The van der Waals surface area contributed by atoms with Crippen LogP contribution in [-0.4, -0.2) is 52.8 Å². The second-order valence-corrected chi connectivity index (χ2v) is 8.72. The zero-order valence-corrected chi connectivity index (χ0v) is 19.2. The molecule has 1 aliphatic rings. The smallest absolute Gasteiger partial charge is 0.294 e. The van der Waals surface area contributed by atoms with Crippen molar-refractivity contribution < 1.29 is 18.9 Å². The highest BCUT2D eigenvalue weighted by atomic mass is 35.5. The molecule has 172 valence electrons. The van der Waals surface area contributed by atoms with Gasteiger partial charge in [0.25, 0.3) is 11.6 Å². The van der Waals surface area contributed by atoms with E-state index in [0.717, 1.165) is 0 Å². The lowest BCUT2D eigenvalue weighted by Crippen LogP contribution is -2.49. The quantitative estimate of drug-likeness (QED) is 0.413. The lowest BCUT2D eigenvalue weighted by Gasteiger charge is -2.35. The number of amides is 2. The van der Waals surface area contributed by atoms with E-state index in [0.29, 0.717) is 59.0 Å². The van der Waals surface area contributed by atoms with Crippen molar-refractivity contribution in [1.82, 2.24) is 9.88 Å². The van der Waals surface area contributed by atoms with Crippen molar-refractivity contribution in [2.24, 2.45) is 0 Å². The number of thiazole rings is 1. The number of hydrogen-bond donors (Lipinski definition) is 1. The monoisotopic (exact) mass is 489 g/mol. The van der Waals surface area contributed by atoms with Crippen LogP contribution in [0.4, 0.5) is 16.5 Å². The van der Waals surface area contributed by atoms with Crippen molar-refractivity contribution in [3.63, 3.8) is 0 Å². The van der Waals surface area contributed by atoms with Gasteiger partial charge in [-0.2, -0.15) is 0 Å². The number of aryl methyl sites for hydroxylation is 1. The van der Waals surface area contributed by atoms with E-state index in [1.807, 2.05) is 4.90 Å². The molecule has 0 radical (unpaired) electrons. The fourth-order valence-electron chi connectivity index (χ4n) is 3.60. The molecule has 0 saturated carbocycles. The zero-order valence-electron chi connectivity index (χ0n) is 17.6. The Labute approximate surface area is 197 Å². The number of anilines is 2. The molecule has 0 spiro atoms. The lowest BCUT2D eigenvalue weighted by atomic mass is 10.2. The molecule has 12 heteroatoms. The molecule has 10 nitrogen and oxygen atoms in total. The predicted molar refractivity (Wildman–Crippen MR) is 124 cm³/mol. The van der Waals surface area contributed by atoms with Crippen LogP contribution < -0.4 is 10.2 Å². The van der Waals surface area contributed by atoms with Crippen LogP contribution in [0.5, 0.6) is 0 Å². The summed E-state index contributed by atoms with van der Waals surface area (Å²) < 4.78 is 5.14.